The lowest BCUT2D eigenvalue weighted by atomic mass is 10.2. The van der Waals surface area contributed by atoms with E-state index in [0.29, 0.717) is 21.8 Å². The standard InChI is InChI=1S/C18H16N6O7PS2/c19-23-33(26,27)15-1-3-17-11(7-15)5-13(9-21-17)30-32(25)31-14-6-12-8-16(34(28,29)24-20)2-4-18(12)22-10-14/h1-10,23-24H,19-20H2/q+1. The van der Waals surface area contributed by atoms with E-state index in [1.807, 2.05) is 0 Å². The number of aromatic nitrogens is 2. The van der Waals surface area contributed by atoms with Crippen LogP contribution in [0.2, 0.25) is 0 Å². The second-order valence-electron chi connectivity index (χ2n) is 6.70. The van der Waals surface area contributed by atoms with Crippen molar-refractivity contribution in [2.75, 3.05) is 0 Å². The molecule has 0 aliphatic heterocycles. The molecule has 2 heterocycles. The number of hydrazine groups is 2. The molecule has 176 valence electrons. The minimum Gasteiger partial charge on any atom is -0.257 e. The van der Waals surface area contributed by atoms with Gasteiger partial charge in [0.25, 0.3) is 20.0 Å². The third kappa shape index (κ3) is 4.95. The Morgan fingerprint density at radius 3 is 1.50 bits per heavy atom. The smallest absolute Gasteiger partial charge is 0.257 e. The van der Waals surface area contributed by atoms with Crippen LogP contribution in [-0.4, -0.2) is 26.8 Å². The zero-order valence-corrected chi connectivity index (χ0v) is 19.5. The molecule has 2 aromatic heterocycles. The molecule has 0 bridgehead atoms. The lowest BCUT2D eigenvalue weighted by Gasteiger charge is -2.04. The van der Waals surface area contributed by atoms with E-state index in [1.54, 1.807) is 9.66 Å². The SMILES string of the molecule is NNS(=O)(=O)c1ccc2ncc(O[P+](=O)Oc3cnc4ccc(S(=O)(=O)NN)cc4c3)cc2c1. The van der Waals surface area contributed by atoms with Crippen LogP contribution in [0.3, 0.4) is 0 Å². The van der Waals surface area contributed by atoms with E-state index in [2.05, 4.69) is 9.97 Å². The van der Waals surface area contributed by atoms with Crippen molar-refractivity contribution >= 4 is 50.1 Å². The molecule has 0 saturated carbocycles. The second-order valence-corrected chi connectivity index (χ2v) is 10.9. The number of hydrogen-bond acceptors (Lipinski definition) is 11. The Morgan fingerprint density at radius 1 is 0.706 bits per heavy atom. The van der Waals surface area contributed by atoms with Crippen LogP contribution < -0.4 is 30.4 Å². The van der Waals surface area contributed by atoms with Crippen LogP contribution >= 0.6 is 8.25 Å². The number of rotatable bonds is 8. The summed E-state index contributed by atoms with van der Waals surface area (Å²) < 4.78 is 70.5. The lowest BCUT2D eigenvalue weighted by Crippen LogP contribution is -2.30. The Hall–Kier alpha value is -3.30. The average molecular weight is 523 g/mol. The summed E-state index contributed by atoms with van der Waals surface area (Å²) in [5.74, 6) is 10.2. The first-order valence-corrected chi connectivity index (χ1v) is 13.2. The van der Waals surface area contributed by atoms with Gasteiger partial charge in [0, 0.05) is 15.3 Å². The van der Waals surface area contributed by atoms with E-state index in [1.165, 1.54) is 60.9 Å². The van der Waals surface area contributed by atoms with Crippen LogP contribution in [0.15, 0.2) is 70.7 Å². The predicted molar refractivity (Wildman–Crippen MR) is 121 cm³/mol. The van der Waals surface area contributed by atoms with Crippen LogP contribution in [0.5, 0.6) is 11.5 Å². The van der Waals surface area contributed by atoms with Crippen molar-refractivity contribution in [3.63, 3.8) is 0 Å². The highest BCUT2D eigenvalue weighted by molar-refractivity contribution is 7.89. The fourth-order valence-electron chi connectivity index (χ4n) is 2.94. The maximum Gasteiger partial charge on any atom is 0.805 e. The maximum absolute atomic E-state index is 12.4. The normalized spacial score (nSPS) is 12.1. The molecule has 0 radical (unpaired) electrons. The summed E-state index contributed by atoms with van der Waals surface area (Å²) in [5.41, 5.74) is 0.937. The Balaban J connectivity index is 1.56. The minimum absolute atomic E-state index is 0.0556. The number of hydrogen-bond donors (Lipinski definition) is 4. The number of nitrogens with zero attached hydrogens (tertiary/aromatic N) is 2. The third-order valence-electron chi connectivity index (χ3n) is 4.55. The summed E-state index contributed by atoms with van der Waals surface area (Å²) >= 11 is 0. The summed E-state index contributed by atoms with van der Waals surface area (Å²) in [5, 5.41) is 0.790. The Bertz CT molecular complexity index is 1530. The largest absolute Gasteiger partial charge is 0.805 e. The number of nitrogens with one attached hydrogen (secondary N) is 2. The minimum atomic E-state index is -3.88. The lowest BCUT2D eigenvalue weighted by molar-refractivity contribution is 0.415. The Labute approximate surface area is 194 Å². The summed E-state index contributed by atoms with van der Waals surface area (Å²) in [6.45, 7) is 0. The van der Waals surface area contributed by atoms with Gasteiger partial charge in [0.2, 0.25) is 11.5 Å². The van der Waals surface area contributed by atoms with Gasteiger partial charge in [-0.25, -0.2) is 25.9 Å². The number of pyridine rings is 2. The Morgan fingerprint density at radius 2 is 1.12 bits per heavy atom. The summed E-state index contributed by atoms with van der Waals surface area (Å²) in [4.78, 5) is 11.5. The van der Waals surface area contributed by atoms with Gasteiger partial charge < -0.3 is 0 Å². The number of sulfonamides is 2. The van der Waals surface area contributed by atoms with Crippen LogP contribution in [0.1, 0.15) is 0 Å². The van der Waals surface area contributed by atoms with E-state index in [0.717, 1.165) is 0 Å². The molecule has 0 atom stereocenters. The quantitative estimate of drug-likeness (QED) is 0.147. The zero-order chi connectivity index (χ0) is 24.5. The number of fused-ring (bicyclic) bond motifs is 2. The van der Waals surface area contributed by atoms with Gasteiger partial charge in [0.05, 0.1) is 33.2 Å². The van der Waals surface area contributed by atoms with E-state index in [4.69, 9.17) is 20.7 Å². The van der Waals surface area contributed by atoms with Crippen molar-refractivity contribution in [1.82, 2.24) is 19.6 Å². The molecule has 6 N–H and O–H groups in total. The van der Waals surface area contributed by atoms with E-state index < -0.39 is 28.3 Å². The molecule has 4 rings (SSSR count). The van der Waals surface area contributed by atoms with Crippen molar-refractivity contribution < 1.29 is 30.4 Å². The molecule has 0 fully saturated rings. The number of nitrogens with two attached hydrogens (primary N) is 2. The molecular weight excluding hydrogens is 507 g/mol. The topological polar surface area (TPSA) is 206 Å². The highest BCUT2D eigenvalue weighted by Crippen LogP contribution is 2.33. The number of benzene rings is 2. The molecule has 0 saturated heterocycles. The van der Waals surface area contributed by atoms with Gasteiger partial charge in [-0.2, -0.15) is 9.66 Å². The molecular formula is C18H16N6O7PS2+. The van der Waals surface area contributed by atoms with Gasteiger partial charge in [0.15, 0.2) is 0 Å². The summed E-state index contributed by atoms with van der Waals surface area (Å²) in [6, 6.07) is 11.2. The van der Waals surface area contributed by atoms with Gasteiger partial charge in [-0.1, -0.05) is 0 Å². The third-order valence-corrected chi connectivity index (χ3v) is 7.64. The monoisotopic (exact) mass is 523 g/mol. The molecule has 0 spiro atoms. The maximum atomic E-state index is 12.4. The predicted octanol–water partition coefficient (Wildman–Crippen LogP) is 1.20. The van der Waals surface area contributed by atoms with Crippen molar-refractivity contribution in [1.29, 1.82) is 0 Å². The van der Waals surface area contributed by atoms with Crippen LogP contribution in [0.4, 0.5) is 0 Å². The van der Waals surface area contributed by atoms with Crippen LogP contribution in [0, 0.1) is 0 Å². The molecule has 16 heteroatoms. The molecule has 0 amide bonds. The molecule has 0 unspecified atom stereocenters. The van der Waals surface area contributed by atoms with Crippen LogP contribution in [-0.2, 0) is 24.6 Å². The fourth-order valence-corrected chi connectivity index (χ4v) is 4.85. The summed E-state index contributed by atoms with van der Waals surface area (Å²) in [6.07, 6.45) is 2.59. The average Bonchev–Trinajstić information content (AvgIpc) is 2.83. The highest BCUT2D eigenvalue weighted by atomic mass is 32.2. The van der Waals surface area contributed by atoms with Gasteiger partial charge in [-0.3, -0.25) is 21.7 Å². The van der Waals surface area contributed by atoms with Crippen molar-refractivity contribution in [3.8, 4) is 11.5 Å². The van der Waals surface area contributed by atoms with Crippen LogP contribution in [0.25, 0.3) is 21.8 Å². The molecule has 0 aliphatic carbocycles. The fraction of sp³-hybridized carbons (Fsp3) is 0. The van der Waals surface area contributed by atoms with E-state index in [9.17, 15) is 21.4 Å². The molecule has 4 aromatic rings. The first-order valence-electron chi connectivity index (χ1n) is 9.19. The first-order chi connectivity index (χ1) is 16.1. The van der Waals surface area contributed by atoms with Gasteiger partial charge >= 0.3 is 8.25 Å². The van der Waals surface area contributed by atoms with Crippen molar-refractivity contribution in [2.24, 2.45) is 11.7 Å². The van der Waals surface area contributed by atoms with Gasteiger partial charge in [0.1, 0.15) is 0 Å². The Kier molecular flexibility index (Phi) is 6.42. The van der Waals surface area contributed by atoms with Gasteiger partial charge in [-0.05, 0) is 48.5 Å². The van der Waals surface area contributed by atoms with E-state index >= 15 is 0 Å². The second kappa shape index (κ2) is 9.15. The van der Waals surface area contributed by atoms with E-state index in [-0.39, 0.29) is 21.3 Å². The summed E-state index contributed by atoms with van der Waals surface area (Å²) in [7, 11) is -10.5. The van der Waals surface area contributed by atoms with Crippen molar-refractivity contribution in [2.45, 2.75) is 9.79 Å². The van der Waals surface area contributed by atoms with Gasteiger partial charge in [-0.15, -0.1) is 0 Å². The zero-order valence-electron chi connectivity index (χ0n) is 16.9. The molecule has 2 aromatic carbocycles. The van der Waals surface area contributed by atoms with Crippen molar-refractivity contribution in [3.05, 3.63) is 60.9 Å². The highest BCUT2D eigenvalue weighted by Gasteiger charge is 2.25. The molecule has 34 heavy (non-hydrogen) atoms. The molecule has 0 aliphatic rings. The molecule has 13 nitrogen and oxygen atoms in total. The first kappa shape index (κ1) is 23.8.